The molecule has 1 aromatic heterocycles. The van der Waals surface area contributed by atoms with E-state index in [0.717, 1.165) is 22.0 Å². The van der Waals surface area contributed by atoms with Crippen molar-refractivity contribution in [1.82, 2.24) is 4.98 Å². The smallest absolute Gasteiger partial charge is 0.221 e. The quantitative estimate of drug-likeness (QED) is 0.735. The first-order valence-corrected chi connectivity index (χ1v) is 7.30. The number of ether oxygens (including phenoxy) is 2. The molecule has 0 spiro atoms. The lowest BCUT2D eigenvalue weighted by Crippen LogP contribution is -2.13. The third-order valence-electron chi connectivity index (χ3n) is 3.62. The summed E-state index contributed by atoms with van der Waals surface area (Å²) in [5, 5.41) is 1.15. The number of benzene rings is 2. The van der Waals surface area contributed by atoms with E-state index in [0.29, 0.717) is 18.1 Å². The van der Waals surface area contributed by atoms with Gasteiger partial charge in [0.05, 0.1) is 13.5 Å². The number of carbonyl (C=O) groups is 1. The van der Waals surface area contributed by atoms with Crippen molar-refractivity contribution in [2.45, 2.75) is 13.0 Å². The van der Waals surface area contributed by atoms with E-state index < -0.39 is 0 Å². The third kappa shape index (κ3) is 3.45. The van der Waals surface area contributed by atoms with Gasteiger partial charge < -0.3 is 20.2 Å². The summed E-state index contributed by atoms with van der Waals surface area (Å²) in [6.07, 6.45) is 2.09. The molecule has 1 heterocycles. The van der Waals surface area contributed by atoms with Crippen molar-refractivity contribution in [1.29, 1.82) is 0 Å². The largest absolute Gasteiger partial charge is 0.493 e. The predicted molar refractivity (Wildman–Crippen MR) is 88.5 cm³/mol. The van der Waals surface area contributed by atoms with Gasteiger partial charge in [0.1, 0.15) is 6.61 Å². The molecular formula is C18H18N2O3. The summed E-state index contributed by atoms with van der Waals surface area (Å²) in [6.45, 7) is 0.437. The molecule has 0 atom stereocenters. The number of primary amides is 1. The van der Waals surface area contributed by atoms with Gasteiger partial charge in [-0.1, -0.05) is 12.1 Å². The maximum atomic E-state index is 11.0. The molecule has 0 saturated carbocycles. The van der Waals surface area contributed by atoms with E-state index in [1.165, 1.54) is 0 Å². The number of nitrogens with two attached hydrogens (primary N) is 1. The summed E-state index contributed by atoms with van der Waals surface area (Å²) < 4.78 is 11.2. The van der Waals surface area contributed by atoms with Crippen molar-refractivity contribution in [3.8, 4) is 11.5 Å². The molecule has 2 aromatic carbocycles. The fraction of sp³-hybridized carbons (Fsp3) is 0.167. The standard InChI is InChI=1S/C18H18N2O3/c1-22-17-9-12(10-18(19)21)3-5-16(17)23-11-13-2-4-15-14(8-13)6-7-20-15/h2-9,20H,10-11H2,1H3,(H2,19,21). The maximum absolute atomic E-state index is 11.0. The van der Waals surface area contributed by atoms with Crippen LogP contribution in [0.5, 0.6) is 11.5 Å². The monoisotopic (exact) mass is 310 g/mol. The molecule has 0 bridgehead atoms. The minimum atomic E-state index is -0.375. The summed E-state index contributed by atoms with van der Waals surface area (Å²) in [6, 6.07) is 13.5. The molecule has 5 heteroatoms. The van der Waals surface area contributed by atoms with Crippen molar-refractivity contribution >= 4 is 16.8 Å². The van der Waals surface area contributed by atoms with Crippen LogP contribution in [0.15, 0.2) is 48.7 Å². The van der Waals surface area contributed by atoms with Gasteiger partial charge in [-0.2, -0.15) is 0 Å². The first kappa shape index (κ1) is 15.0. The van der Waals surface area contributed by atoms with Gasteiger partial charge in [0.15, 0.2) is 11.5 Å². The second kappa shape index (κ2) is 6.44. The highest BCUT2D eigenvalue weighted by molar-refractivity contribution is 5.79. The van der Waals surface area contributed by atoms with Crippen LogP contribution >= 0.6 is 0 Å². The fourth-order valence-corrected chi connectivity index (χ4v) is 2.50. The number of H-pyrrole nitrogens is 1. The van der Waals surface area contributed by atoms with Crippen LogP contribution < -0.4 is 15.2 Å². The fourth-order valence-electron chi connectivity index (χ4n) is 2.50. The minimum Gasteiger partial charge on any atom is -0.493 e. The molecule has 0 aliphatic carbocycles. The van der Waals surface area contributed by atoms with Crippen LogP contribution in [0.25, 0.3) is 10.9 Å². The number of amides is 1. The first-order chi connectivity index (χ1) is 11.2. The van der Waals surface area contributed by atoms with Gasteiger partial charge in [-0.15, -0.1) is 0 Å². The lowest BCUT2D eigenvalue weighted by molar-refractivity contribution is -0.117. The predicted octanol–water partition coefficient (Wildman–Crippen LogP) is 2.78. The molecule has 0 saturated heterocycles. The summed E-state index contributed by atoms with van der Waals surface area (Å²) in [4.78, 5) is 14.2. The van der Waals surface area contributed by atoms with Crippen LogP contribution in [0.2, 0.25) is 0 Å². The average molecular weight is 310 g/mol. The average Bonchev–Trinajstić information content (AvgIpc) is 3.00. The second-order valence-electron chi connectivity index (χ2n) is 5.32. The maximum Gasteiger partial charge on any atom is 0.221 e. The summed E-state index contributed by atoms with van der Waals surface area (Å²) in [7, 11) is 1.57. The Hall–Kier alpha value is -2.95. The summed E-state index contributed by atoms with van der Waals surface area (Å²) in [5.74, 6) is 0.849. The van der Waals surface area contributed by atoms with E-state index in [1.807, 2.05) is 30.5 Å². The van der Waals surface area contributed by atoms with Crippen LogP contribution in [0.4, 0.5) is 0 Å². The Kier molecular flexibility index (Phi) is 4.19. The highest BCUT2D eigenvalue weighted by Crippen LogP contribution is 2.29. The first-order valence-electron chi connectivity index (χ1n) is 7.30. The molecule has 1 amide bonds. The minimum absolute atomic E-state index is 0.181. The van der Waals surface area contributed by atoms with E-state index in [1.54, 1.807) is 19.2 Å². The Labute approximate surface area is 134 Å². The van der Waals surface area contributed by atoms with Gasteiger partial charge >= 0.3 is 0 Å². The van der Waals surface area contributed by atoms with Crippen LogP contribution in [-0.2, 0) is 17.8 Å². The summed E-state index contributed by atoms with van der Waals surface area (Å²) >= 11 is 0. The SMILES string of the molecule is COc1cc(CC(N)=O)ccc1OCc1ccc2[nH]ccc2c1. The van der Waals surface area contributed by atoms with Crippen molar-refractivity contribution in [3.63, 3.8) is 0 Å². The lowest BCUT2D eigenvalue weighted by Gasteiger charge is -2.12. The lowest BCUT2D eigenvalue weighted by atomic mass is 10.1. The normalized spacial score (nSPS) is 10.7. The molecule has 0 fully saturated rings. The molecule has 0 aliphatic heterocycles. The Morgan fingerprint density at radius 3 is 2.70 bits per heavy atom. The van der Waals surface area contributed by atoms with Gasteiger partial charge in [0.25, 0.3) is 0 Å². The number of aromatic amines is 1. The molecule has 0 unspecified atom stereocenters. The highest BCUT2D eigenvalue weighted by atomic mass is 16.5. The Bertz CT molecular complexity index is 839. The molecule has 23 heavy (non-hydrogen) atoms. The van der Waals surface area contributed by atoms with Gasteiger partial charge in [0.2, 0.25) is 5.91 Å². The molecule has 0 aliphatic rings. The number of nitrogens with one attached hydrogen (secondary N) is 1. The molecular weight excluding hydrogens is 292 g/mol. The number of hydrogen-bond acceptors (Lipinski definition) is 3. The topological polar surface area (TPSA) is 77.3 Å². The Morgan fingerprint density at radius 2 is 1.91 bits per heavy atom. The van der Waals surface area contributed by atoms with Gasteiger partial charge in [-0.05, 0) is 46.8 Å². The highest BCUT2D eigenvalue weighted by Gasteiger charge is 2.08. The van der Waals surface area contributed by atoms with Crippen LogP contribution in [-0.4, -0.2) is 18.0 Å². The van der Waals surface area contributed by atoms with Crippen molar-refractivity contribution < 1.29 is 14.3 Å². The zero-order valence-electron chi connectivity index (χ0n) is 12.8. The number of fused-ring (bicyclic) bond motifs is 1. The second-order valence-corrected chi connectivity index (χ2v) is 5.32. The molecule has 3 rings (SSSR count). The van der Waals surface area contributed by atoms with Crippen LogP contribution in [0.1, 0.15) is 11.1 Å². The zero-order valence-corrected chi connectivity index (χ0v) is 12.8. The molecule has 118 valence electrons. The van der Waals surface area contributed by atoms with E-state index in [4.69, 9.17) is 15.2 Å². The number of hydrogen-bond donors (Lipinski definition) is 2. The van der Waals surface area contributed by atoms with E-state index in [9.17, 15) is 4.79 Å². The number of aromatic nitrogens is 1. The number of rotatable bonds is 6. The molecule has 3 N–H and O–H groups in total. The summed E-state index contributed by atoms with van der Waals surface area (Å²) in [5.41, 5.74) is 8.18. The molecule has 5 nitrogen and oxygen atoms in total. The van der Waals surface area contributed by atoms with Crippen molar-refractivity contribution in [3.05, 3.63) is 59.8 Å². The molecule has 0 radical (unpaired) electrons. The zero-order chi connectivity index (χ0) is 16.2. The van der Waals surface area contributed by atoms with E-state index in [-0.39, 0.29) is 12.3 Å². The third-order valence-corrected chi connectivity index (χ3v) is 3.62. The Morgan fingerprint density at radius 1 is 1.09 bits per heavy atom. The van der Waals surface area contributed by atoms with E-state index in [2.05, 4.69) is 11.1 Å². The van der Waals surface area contributed by atoms with Crippen LogP contribution in [0, 0.1) is 0 Å². The Balaban J connectivity index is 1.75. The van der Waals surface area contributed by atoms with Gasteiger partial charge in [-0.3, -0.25) is 4.79 Å². The van der Waals surface area contributed by atoms with Crippen molar-refractivity contribution in [2.24, 2.45) is 5.73 Å². The van der Waals surface area contributed by atoms with E-state index >= 15 is 0 Å². The van der Waals surface area contributed by atoms with Gasteiger partial charge in [0, 0.05) is 11.7 Å². The number of carbonyl (C=O) groups excluding carboxylic acids is 1. The number of methoxy groups -OCH3 is 1. The van der Waals surface area contributed by atoms with Crippen molar-refractivity contribution in [2.75, 3.05) is 7.11 Å². The van der Waals surface area contributed by atoms with Gasteiger partial charge in [-0.25, -0.2) is 0 Å². The molecule has 3 aromatic rings. The van der Waals surface area contributed by atoms with Crippen LogP contribution in [0.3, 0.4) is 0 Å².